The van der Waals surface area contributed by atoms with Gasteiger partial charge in [-0.15, -0.1) is 0 Å². The first kappa shape index (κ1) is 7.06. The molecule has 1 heterocycles. The van der Waals surface area contributed by atoms with Gasteiger partial charge < -0.3 is 5.73 Å². The molecule has 0 saturated carbocycles. The predicted octanol–water partition coefficient (Wildman–Crippen LogP) is 1.59. The molecule has 0 radical (unpaired) electrons. The molecule has 2 N–H and O–H groups in total. The van der Waals surface area contributed by atoms with Crippen LogP contribution in [0.2, 0.25) is 0 Å². The van der Waals surface area contributed by atoms with E-state index in [2.05, 4.69) is 4.98 Å². The fourth-order valence-corrected chi connectivity index (χ4v) is 0.848. The van der Waals surface area contributed by atoms with Crippen LogP contribution < -0.4 is 5.73 Å². The van der Waals surface area contributed by atoms with E-state index in [0.29, 0.717) is 0 Å². The van der Waals surface area contributed by atoms with Crippen molar-refractivity contribution in [2.24, 2.45) is 0 Å². The monoisotopic (exact) mass is 136 g/mol. The summed E-state index contributed by atoms with van der Waals surface area (Å²) in [5, 5.41) is 0. The molecule has 0 fully saturated rings. The van der Waals surface area contributed by atoms with E-state index in [-0.39, 0.29) is 0 Å². The summed E-state index contributed by atoms with van der Waals surface area (Å²) >= 11 is 0. The minimum atomic E-state index is 0.781. The number of hydrogen-bond acceptors (Lipinski definition) is 2. The topological polar surface area (TPSA) is 38.9 Å². The van der Waals surface area contributed by atoms with Gasteiger partial charge in [-0.05, 0) is 31.9 Å². The zero-order chi connectivity index (χ0) is 7.72. The van der Waals surface area contributed by atoms with E-state index in [1.54, 1.807) is 6.20 Å². The van der Waals surface area contributed by atoms with Crippen LogP contribution in [0.1, 0.15) is 16.8 Å². The van der Waals surface area contributed by atoms with E-state index in [1.165, 1.54) is 5.56 Å². The molecular formula is C8H12N2. The molecule has 0 aliphatic heterocycles. The highest BCUT2D eigenvalue weighted by Gasteiger charge is 1.99. The summed E-state index contributed by atoms with van der Waals surface area (Å²) < 4.78 is 0. The second-order valence-corrected chi connectivity index (χ2v) is 2.55. The van der Waals surface area contributed by atoms with Crippen molar-refractivity contribution in [1.82, 2.24) is 4.98 Å². The van der Waals surface area contributed by atoms with Crippen molar-refractivity contribution in [2.75, 3.05) is 5.73 Å². The normalized spacial score (nSPS) is 9.90. The summed E-state index contributed by atoms with van der Waals surface area (Å²) in [5.41, 5.74) is 9.81. The number of nitrogens with two attached hydrogens (primary N) is 1. The highest BCUT2D eigenvalue weighted by Crippen LogP contribution is 2.15. The second kappa shape index (κ2) is 2.29. The Morgan fingerprint density at radius 3 is 2.30 bits per heavy atom. The summed E-state index contributed by atoms with van der Waals surface area (Å²) in [6.07, 6.45) is 1.71. The van der Waals surface area contributed by atoms with Gasteiger partial charge in [0.05, 0.1) is 11.9 Å². The van der Waals surface area contributed by atoms with Crippen LogP contribution in [0.4, 0.5) is 5.69 Å². The molecule has 10 heavy (non-hydrogen) atoms. The van der Waals surface area contributed by atoms with Crippen LogP contribution in [0.5, 0.6) is 0 Å². The van der Waals surface area contributed by atoms with Crippen LogP contribution in [0.15, 0.2) is 6.20 Å². The van der Waals surface area contributed by atoms with Gasteiger partial charge >= 0.3 is 0 Å². The number of pyridine rings is 1. The smallest absolute Gasteiger partial charge is 0.0533 e. The molecule has 1 aromatic rings. The Bertz CT molecular complexity index is 227. The van der Waals surface area contributed by atoms with Gasteiger partial charge in [-0.25, -0.2) is 0 Å². The van der Waals surface area contributed by atoms with Crippen molar-refractivity contribution in [3.05, 3.63) is 23.0 Å². The molecule has 0 amide bonds. The van der Waals surface area contributed by atoms with Gasteiger partial charge in [0.1, 0.15) is 0 Å². The zero-order valence-corrected chi connectivity index (χ0v) is 6.60. The van der Waals surface area contributed by atoms with Gasteiger partial charge in [-0.3, -0.25) is 4.98 Å². The zero-order valence-electron chi connectivity index (χ0n) is 6.60. The maximum atomic E-state index is 5.63. The quantitative estimate of drug-likeness (QED) is 0.588. The lowest BCUT2D eigenvalue weighted by Gasteiger charge is -2.04. The molecule has 0 unspecified atom stereocenters. The van der Waals surface area contributed by atoms with E-state index in [1.807, 2.05) is 20.8 Å². The summed E-state index contributed by atoms with van der Waals surface area (Å²) in [7, 11) is 0. The first-order chi connectivity index (χ1) is 4.63. The Kier molecular flexibility index (Phi) is 1.62. The van der Waals surface area contributed by atoms with Gasteiger partial charge in [0.15, 0.2) is 0 Å². The lowest BCUT2D eigenvalue weighted by molar-refractivity contribution is 1.12. The average molecular weight is 136 g/mol. The second-order valence-electron chi connectivity index (χ2n) is 2.55. The molecular weight excluding hydrogens is 124 g/mol. The van der Waals surface area contributed by atoms with Crippen LogP contribution >= 0.6 is 0 Å². The number of hydrogen-bond donors (Lipinski definition) is 1. The van der Waals surface area contributed by atoms with E-state index >= 15 is 0 Å². The summed E-state index contributed by atoms with van der Waals surface area (Å²) in [6, 6.07) is 0. The standard InChI is InChI=1S/C8H12N2/c1-5-6(2)8(9)4-10-7(5)3/h4H,9H2,1-3H3. The molecule has 0 atom stereocenters. The Morgan fingerprint density at radius 1 is 1.20 bits per heavy atom. The molecule has 0 saturated heterocycles. The maximum absolute atomic E-state index is 5.63. The van der Waals surface area contributed by atoms with E-state index in [0.717, 1.165) is 16.9 Å². The highest BCUT2D eigenvalue weighted by molar-refractivity contribution is 5.48. The lowest BCUT2D eigenvalue weighted by Crippen LogP contribution is -1.96. The molecule has 0 spiro atoms. The van der Waals surface area contributed by atoms with Gasteiger partial charge in [0.2, 0.25) is 0 Å². The Morgan fingerprint density at radius 2 is 1.80 bits per heavy atom. The fraction of sp³-hybridized carbons (Fsp3) is 0.375. The molecule has 0 aliphatic rings. The first-order valence-corrected chi connectivity index (χ1v) is 3.31. The van der Waals surface area contributed by atoms with Crippen molar-refractivity contribution in [2.45, 2.75) is 20.8 Å². The summed E-state index contributed by atoms with van der Waals surface area (Å²) in [4.78, 5) is 4.11. The van der Waals surface area contributed by atoms with Crippen molar-refractivity contribution in [3.63, 3.8) is 0 Å². The average Bonchev–Trinajstić information content (AvgIpc) is 1.93. The number of rotatable bonds is 0. The summed E-state index contributed by atoms with van der Waals surface area (Å²) in [6.45, 7) is 6.04. The minimum Gasteiger partial charge on any atom is -0.397 e. The van der Waals surface area contributed by atoms with Gasteiger partial charge in [0, 0.05) is 5.69 Å². The van der Waals surface area contributed by atoms with Crippen molar-refractivity contribution in [1.29, 1.82) is 0 Å². The number of nitrogen functional groups attached to an aromatic ring is 1. The molecule has 2 nitrogen and oxygen atoms in total. The maximum Gasteiger partial charge on any atom is 0.0533 e. The number of aryl methyl sites for hydroxylation is 1. The molecule has 2 heteroatoms. The van der Waals surface area contributed by atoms with Crippen molar-refractivity contribution >= 4 is 5.69 Å². The third-order valence-electron chi connectivity index (χ3n) is 1.94. The van der Waals surface area contributed by atoms with Crippen LogP contribution in [0, 0.1) is 20.8 Å². The van der Waals surface area contributed by atoms with Crippen LogP contribution in [-0.2, 0) is 0 Å². The fourth-order valence-electron chi connectivity index (χ4n) is 0.848. The molecule has 54 valence electrons. The Balaban J connectivity index is 3.34. The van der Waals surface area contributed by atoms with Crippen LogP contribution in [0.3, 0.4) is 0 Å². The molecule has 0 aromatic carbocycles. The first-order valence-electron chi connectivity index (χ1n) is 3.31. The minimum absolute atomic E-state index is 0.781. The Labute approximate surface area is 61.1 Å². The van der Waals surface area contributed by atoms with Crippen LogP contribution in [-0.4, -0.2) is 4.98 Å². The van der Waals surface area contributed by atoms with Gasteiger partial charge in [0.25, 0.3) is 0 Å². The van der Waals surface area contributed by atoms with E-state index in [4.69, 9.17) is 5.73 Å². The van der Waals surface area contributed by atoms with Crippen molar-refractivity contribution in [3.8, 4) is 0 Å². The molecule has 1 aromatic heterocycles. The van der Waals surface area contributed by atoms with Gasteiger partial charge in [-0.1, -0.05) is 0 Å². The van der Waals surface area contributed by atoms with Gasteiger partial charge in [-0.2, -0.15) is 0 Å². The van der Waals surface area contributed by atoms with Crippen LogP contribution in [0.25, 0.3) is 0 Å². The largest absolute Gasteiger partial charge is 0.397 e. The number of nitrogens with zero attached hydrogens (tertiary/aromatic N) is 1. The third kappa shape index (κ3) is 0.967. The highest BCUT2D eigenvalue weighted by atomic mass is 14.7. The number of aromatic nitrogens is 1. The van der Waals surface area contributed by atoms with E-state index < -0.39 is 0 Å². The van der Waals surface area contributed by atoms with E-state index in [9.17, 15) is 0 Å². The molecule has 1 rings (SSSR count). The predicted molar refractivity (Wildman–Crippen MR) is 42.9 cm³/mol. The summed E-state index contributed by atoms with van der Waals surface area (Å²) in [5.74, 6) is 0. The SMILES string of the molecule is Cc1ncc(N)c(C)c1C. The third-order valence-corrected chi connectivity index (χ3v) is 1.94. The molecule has 0 aliphatic carbocycles. The number of anilines is 1. The lowest BCUT2D eigenvalue weighted by atomic mass is 10.1. The Hall–Kier alpha value is -1.05. The molecule has 0 bridgehead atoms. The van der Waals surface area contributed by atoms with Crippen molar-refractivity contribution < 1.29 is 0 Å².